The lowest BCUT2D eigenvalue weighted by molar-refractivity contribution is -0.132. The number of Topliss-reactive ketones (excluding diaryl/α,β-unsaturated/α-hetero) is 2. The SMILES string of the molecule is CCC(C)C1CCC(C)C2=C1C=C(C)C(=O)C2=O. The minimum atomic E-state index is -0.301. The molecule has 0 saturated carbocycles. The molecule has 2 aliphatic rings. The van der Waals surface area contributed by atoms with Crippen LogP contribution in [0.2, 0.25) is 0 Å². The van der Waals surface area contributed by atoms with Crippen molar-refractivity contribution in [2.45, 2.75) is 47.0 Å². The van der Waals surface area contributed by atoms with Crippen LogP contribution in [-0.2, 0) is 9.59 Å². The molecule has 0 N–H and O–H groups in total. The summed E-state index contributed by atoms with van der Waals surface area (Å²) >= 11 is 0. The van der Waals surface area contributed by atoms with Gasteiger partial charge in [0.1, 0.15) is 0 Å². The van der Waals surface area contributed by atoms with Crippen molar-refractivity contribution < 1.29 is 9.59 Å². The van der Waals surface area contributed by atoms with Gasteiger partial charge in [-0.2, -0.15) is 0 Å². The molecule has 3 atom stereocenters. The summed E-state index contributed by atoms with van der Waals surface area (Å²) in [5.74, 6) is 0.720. The van der Waals surface area contributed by atoms with Gasteiger partial charge in [-0.3, -0.25) is 9.59 Å². The molecule has 0 bridgehead atoms. The van der Waals surface area contributed by atoms with Gasteiger partial charge in [-0.05, 0) is 43.1 Å². The van der Waals surface area contributed by atoms with Crippen LogP contribution in [0.4, 0.5) is 0 Å². The molecule has 2 nitrogen and oxygen atoms in total. The highest BCUT2D eigenvalue weighted by Gasteiger charge is 2.37. The maximum Gasteiger partial charge on any atom is 0.229 e. The summed E-state index contributed by atoms with van der Waals surface area (Å²) in [4.78, 5) is 24.0. The molecule has 0 radical (unpaired) electrons. The molecule has 18 heavy (non-hydrogen) atoms. The third-order valence-corrected chi connectivity index (χ3v) is 4.63. The molecule has 3 unspecified atom stereocenters. The van der Waals surface area contributed by atoms with Crippen molar-refractivity contribution in [2.75, 3.05) is 0 Å². The van der Waals surface area contributed by atoms with Crippen LogP contribution in [0.5, 0.6) is 0 Å². The average molecular weight is 246 g/mol. The monoisotopic (exact) mass is 246 g/mol. The molecule has 2 aliphatic carbocycles. The fraction of sp³-hybridized carbons (Fsp3) is 0.625. The molecule has 98 valence electrons. The second-order valence-corrected chi connectivity index (χ2v) is 5.83. The number of ketones is 2. The van der Waals surface area contributed by atoms with Gasteiger partial charge in [-0.1, -0.05) is 33.3 Å². The Bertz CT molecular complexity index is 454. The van der Waals surface area contributed by atoms with E-state index < -0.39 is 0 Å². The topological polar surface area (TPSA) is 34.1 Å². The maximum absolute atomic E-state index is 12.2. The van der Waals surface area contributed by atoms with Crippen LogP contribution in [0.15, 0.2) is 22.8 Å². The van der Waals surface area contributed by atoms with Gasteiger partial charge >= 0.3 is 0 Å². The Morgan fingerprint density at radius 2 is 1.94 bits per heavy atom. The first-order chi connectivity index (χ1) is 8.47. The van der Waals surface area contributed by atoms with Crippen molar-refractivity contribution in [3.8, 4) is 0 Å². The second kappa shape index (κ2) is 4.83. The molecule has 2 heteroatoms. The summed E-state index contributed by atoms with van der Waals surface area (Å²) < 4.78 is 0. The lowest BCUT2D eigenvalue weighted by Gasteiger charge is -2.35. The van der Waals surface area contributed by atoms with E-state index in [0.717, 1.165) is 30.4 Å². The maximum atomic E-state index is 12.2. The van der Waals surface area contributed by atoms with Crippen LogP contribution >= 0.6 is 0 Å². The van der Waals surface area contributed by atoms with Gasteiger partial charge < -0.3 is 0 Å². The van der Waals surface area contributed by atoms with Crippen LogP contribution in [0.3, 0.4) is 0 Å². The lowest BCUT2D eigenvalue weighted by Crippen LogP contribution is -2.32. The van der Waals surface area contributed by atoms with Gasteiger partial charge in [0.25, 0.3) is 0 Å². The number of rotatable bonds is 2. The number of carbonyl (C=O) groups is 2. The third-order valence-electron chi connectivity index (χ3n) is 4.63. The van der Waals surface area contributed by atoms with Crippen molar-refractivity contribution in [1.29, 1.82) is 0 Å². The third kappa shape index (κ3) is 1.98. The Morgan fingerprint density at radius 3 is 2.56 bits per heavy atom. The summed E-state index contributed by atoms with van der Waals surface area (Å²) in [7, 11) is 0. The zero-order chi connectivity index (χ0) is 13.4. The standard InChI is InChI=1S/C16H22O2/c1-5-9(2)12-7-6-10(3)14-13(12)8-11(4)15(17)16(14)18/h8-10,12H,5-7H2,1-4H3. The first-order valence-electron chi connectivity index (χ1n) is 6.98. The molecule has 0 fully saturated rings. The van der Waals surface area contributed by atoms with E-state index in [1.54, 1.807) is 6.92 Å². The van der Waals surface area contributed by atoms with Gasteiger partial charge in [0.15, 0.2) is 0 Å². The molecule has 0 saturated heterocycles. The molecule has 0 spiro atoms. The van der Waals surface area contributed by atoms with E-state index in [1.165, 1.54) is 0 Å². The normalized spacial score (nSPS) is 30.1. The number of hydrogen-bond acceptors (Lipinski definition) is 2. The summed E-state index contributed by atoms with van der Waals surface area (Å²) in [6.07, 6.45) is 5.26. The van der Waals surface area contributed by atoms with Crippen LogP contribution in [-0.4, -0.2) is 11.6 Å². The fourth-order valence-corrected chi connectivity index (χ4v) is 3.23. The zero-order valence-corrected chi connectivity index (χ0v) is 11.7. The lowest BCUT2D eigenvalue weighted by atomic mass is 9.68. The highest BCUT2D eigenvalue weighted by Crippen LogP contribution is 2.42. The van der Waals surface area contributed by atoms with Crippen LogP contribution < -0.4 is 0 Å². The second-order valence-electron chi connectivity index (χ2n) is 5.83. The summed E-state index contributed by atoms with van der Waals surface area (Å²) in [6.45, 7) is 8.27. The quantitative estimate of drug-likeness (QED) is 0.552. The summed E-state index contributed by atoms with van der Waals surface area (Å²) in [6, 6.07) is 0. The van der Waals surface area contributed by atoms with Crippen LogP contribution in [0.1, 0.15) is 47.0 Å². The Morgan fingerprint density at radius 1 is 1.28 bits per heavy atom. The van der Waals surface area contributed by atoms with E-state index >= 15 is 0 Å². The van der Waals surface area contributed by atoms with Crippen molar-refractivity contribution in [1.82, 2.24) is 0 Å². The average Bonchev–Trinajstić information content (AvgIpc) is 2.35. The molecule has 0 amide bonds. The molecule has 0 aromatic heterocycles. The number of hydrogen-bond donors (Lipinski definition) is 0. The van der Waals surface area contributed by atoms with Crippen LogP contribution in [0.25, 0.3) is 0 Å². The summed E-state index contributed by atoms with van der Waals surface area (Å²) in [5.41, 5.74) is 2.58. The van der Waals surface area contributed by atoms with Crippen molar-refractivity contribution >= 4 is 11.6 Å². The van der Waals surface area contributed by atoms with E-state index in [1.807, 2.05) is 6.08 Å². The van der Waals surface area contributed by atoms with Gasteiger partial charge in [0.05, 0.1) is 0 Å². The number of carbonyl (C=O) groups excluding carboxylic acids is 2. The minimum absolute atomic E-state index is 0.237. The molecule has 0 aromatic rings. The predicted octanol–water partition coefficient (Wildman–Crippen LogP) is 3.47. The first kappa shape index (κ1) is 13.3. The fourth-order valence-electron chi connectivity index (χ4n) is 3.23. The molecular formula is C16H22O2. The van der Waals surface area contributed by atoms with E-state index in [0.29, 0.717) is 17.4 Å². The van der Waals surface area contributed by atoms with E-state index in [9.17, 15) is 9.59 Å². The van der Waals surface area contributed by atoms with Crippen molar-refractivity contribution in [2.24, 2.45) is 17.8 Å². The van der Waals surface area contributed by atoms with E-state index in [4.69, 9.17) is 0 Å². The van der Waals surface area contributed by atoms with Crippen molar-refractivity contribution in [3.63, 3.8) is 0 Å². The Labute approximate surface area is 109 Å². The van der Waals surface area contributed by atoms with E-state index in [2.05, 4.69) is 20.8 Å². The van der Waals surface area contributed by atoms with Crippen molar-refractivity contribution in [3.05, 3.63) is 22.8 Å². The van der Waals surface area contributed by atoms with E-state index in [-0.39, 0.29) is 17.5 Å². The molecular weight excluding hydrogens is 224 g/mol. The molecule has 0 aromatic carbocycles. The Kier molecular flexibility index (Phi) is 3.56. The number of allylic oxidation sites excluding steroid dienone is 4. The largest absolute Gasteiger partial charge is 0.285 e. The van der Waals surface area contributed by atoms with Gasteiger partial charge in [-0.15, -0.1) is 0 Å². The zero-order valence-electron chi connectivity index (χ0n) is 11.7. The minimum Gasteiger partial charge on any atom is -0.285 e. The highest BCUT2D eigenvalue weighted by atomic mass is 16.2. The predicted molar refractivity (Wildman–Crippen MR) is 72.1 cm³/mol. The first-order valence-corrected chi connectivity index (χ1v) is 6.98. The molecule has 2 rings (SSSR count). The van der Waals surface area contributed by atoms with Gasteiger partial charge in [0, 0.05) is 11.1 Å². The molecule has 0 heterocycles. The molecule has 0 aliphatic heterocycles. The smallest absolute Gasteiger partial charge is 0.229 e. The Hall–Kier alpha value is -1.18. The highest BCUT2D eigenvalue weighted by molar-refractivity contribution is 6.50. The van der Waals surface area contributed by atoms with Gasteiger partial charge in [-0.25, -0.2) is 0 Å². The van der Waals surface area contributed by atoms with Crippen LogP contribution in [0, 0.1) is 17.8 Å². The Balaban J connectivity index is 2.51. The van der Waals surface area contributed by atoms with Gasteiger partial charge in [0.2, 0.25) is 11.6 Å². The summed E-state index contributed by atoms with van der Waals surface area (Å²) in [5, 5.41) is 0.